The number of aromatic amines is 1. The number of fused-ring (bicyclic) bond motifs is 1. The van der Waals surface area contributed by atoms with E-state index in [1.807, 2.05) is 48.5 Å². The Hall–Kier alpha value is -3.07. The number of hydrogen-bond donors (Lipinski definition) is 4. The Kier molecular flexibility index (Phi) is 8.98. The summed E-state index contributed by atoms with van der Waals surface area (Å²) in [7, 11) is 1.67. The summed E-state index contributed by atoms with van der Waals surface area (Å²) >= 11 is 0. The minimum atomic E-state index is -0.683. The predicted molar refractivity (Wildman–Crippen MR) is 156 cm³/mol. The number of hydrogen-bond acceptors (Lipinski definition) is 6. The minimum Gasteiger partial charge on any atom is -0.496 e. The fourth-order valence-electron chi connectivity index (χ4n) is 6.16. The molecule has 5 rings (SSSR count). The fourth-order valence-corrected chi connectivity index (χ4v) is 6.16. The molecule has 8 nitrogen and oxygen atoms in total. The van der Waals surface area contributed by atoms with Gasteiger partial charge in [-0.1, -0.05) is 31.2 Å². The number of amides is 1. The molecule has 2 fully saturated rings. The number of methoxy groups -OCH3 is 1. The van der Waals surface area contributed by atoms with Crippen LogP contribution in [-0.2, 0) is 6.42 Å². The molecule has 40 heavy (non-hydrogen) atoms. The standard InChI is InChI=1S/C32H43N3O5/c1-22-21-35(17-12-28(22)36)18-16-32(38)14-10-24(11-15-32)33-31(37)27-20-25-26(34-27)7-5-9-30(25)40-19-13-23-6-3-4-8-29(23)39-2/h3-9,20,22,24,28,34,36,38H,10-19,21H2,1-2H3,(H,33,37)/t22-,24?,28-,32?/m0/s1. The molecule has 2 aromatic carbocycles. The van der Waals surface area contributed by atoms with Gasteiger partial charge in [-0.2, -0.15) is 0 Å². The number of carbonyl (C=O) groups is 1. The van der Waals surface area contributed by atoms with E-state index in [0.29, 0.717) is 31.6 Å². The zero-order chi connectivity index (χ0) is 28.1. The number of likely N-dealkylation sites (tertiary alicyclic amines) is 1. The largest absolute Gasteiger partial charge is 0.496 e. The lowest BCUT2D eigenvalue weighted by atomic mass is 9.80. The van der Waals surface area contributed by atoms with E-state index in [1.165, 1.54) is 0 Å². The highest BCUT2D eigenvalue weighted by atomic mass is 16.5. The number of aliphatic hydroxyl groups excluding tert-OH is 1. The number of ether oxygens (including phenoxy) is 2. The summed E-state index contributed by atoms with van der Waals surface area (Å²) in [4.78, 5) is 18.7. The molecule has 1 aromatic heterocycles. The highest BCUT2D eigenvalue weighted by Crippen LogP contribution is 2.33. The lowest BCUT2D eigenvalue weighted by Crippen LogP contribution is -2.47. The molecule has 4 N–H and O–H groups in total. The van der Waals surface area contributed by atoms with Gasteiger partial charge in [-0.25, -0.2) is 0 Å². The number of nitrogens with zero attached hydrogens (tertiary/aromatic N) is 1. The summed E-state index contributed by atoms with van der Waals surface area (Å²) in [5.74, 6) is 1.74. The van der Waals surface area contributed by atoms with Gasteiger partial charge in [0.15, 0.2) is 0 Å². The van der Waals surface area contributed by atoms with E-state index in [0.717, 1.165) is 73.3 Å². The van der Waals surface area contributed by atoms with Gasteiger partial charge in [-0.05, 0) is 74.3 Å². The number of rotatable bonds is 10. The van der Waals surface area contributed by atoms with E-state index in [-0.39, 0.29) is 24.0 Å². The van der Waals surface area contributed by atoms with Crippen molar-refractivity contribution in [1.29, 1.82) is 0 Å². The van der Waals surface area contributed by atoms with Crippen molar-refractivity contribution < 1.29 is 24.5 Å². The Morgan fingerprint density at radius 3 is 2.67 bits per heavy atom. The maximum absolute atomic E-state index is 13.1. The molecule has 1 aliphatic carbocycles. The van der Waals surface area contributed by atoms with Crippen molar-refractivity contribution in [3.8, 4) is 11.5 Å². The molecule has 0 spiro atoms. The Morgan fingerprint density at radius 2 is 1.90 bits per heavy atom. The topological polar surface area (TPSA) is 107 Å². The average molecular weight is 550 g/mol. The van der Waals surface area contributed by atoms with Crippen LogP contribution in [0.2, 0.25) is 0 Å². The molecule has 0 unspecified atom stereocenters. The first-order valence-electron chi connectivity index (χ1n) is 14.6. The third kappa shape index (κ3) is 6.79. The second-order valence-corrected chi connectivity index (χ2v) is 11.7. The summed E-state index contributed by atoms with van der Waals surface area (Å²) < 4.78 is 11.6. The maximum Gasteiger partial charge on any atom is 0.267 e. The molecular weight excluding hydrogens is 506 g/mol. The Bertz CT molecular complexity index is 1280. The van der Waals surface area contributed by atoms with Crippen LogP contribution in [0.15, 0.2) is 48.5 Å². The molecule has 3 aromatic rings. The number of aromatic nitrogens is 1. The SMILES string of the molecule is COc1ccccc1CCOc1cccc2[nH]c(C(=O)NC3CCC(O)(CCN4CC[C@H](O)[C@@H](C)C4)CC3)cc12. The van der Waals surface area contributed by atoms with Crippen LogP contribution < -0.4 is 14.8 Å². The third-order valence-corrected chi connectivity index (χ3v) is 8.78. The molecule has 2 atom stereocenters. The fraction of sp³-hybridized carbons (Fsp3) is 0.531. The number of carbonyl (C=O) groups excluding carboxylic acids is 1. The van der Waals surface area contributed by atoms with E-state index in [1.54, 1.807) is 7.11 Å². The van der Waals surface area contributed by atoms with Crippen molar-refractivity contribution >= 4 is 16.8 Å². The van der Waals surface area contributed by atoms with E-state index in [2.05, 4.69) is 22.1 Å². The molecular formula is C32H43N3O5. The van der Waals surface area contributed by atoms with E-state index >= 15 is 0 Å². The molecule has 0 radical (unpaired) electrons. The number of benzene rings is 2. The first-order valence-corrected chi connectivity index (χ1v) is 14.6. The normalized spacial score (nSPS) is 25.6. The van der Waals surface area contributed by atoms with Gasteiger partial charge in [-0.15, -0.1) is 0 Å². The monoisotopic (exact) mass is 549 g/mol. The van der Waals surface area contributed by atoms with Crippen LogP contribution in [0.4, 0.5) is 0 Å². The van der Waals surface area contributed by atoms with Gasteiger partial charge in [0, 0.05) is 43.0 Å². The summed E-state index contributed by atoms with van der Waals surface area (Å²) in [6.45, 7) is 5.21. The summed E-state index contributed by atoms with van der Waals surface area (Å²) in [6, 6.07) is 15.6. The summed E-state index contributed by atoms with van der Waals surface area (Å²) in [5.41, 5.74) is 1.78. The van der Waals surface area contributed by atoms with Gasteiger partial charge >= 0.3 is 0 Å². The van der Waals surface area contributed by atoms with Gasteiger partial charge < -0.3 is 34.9 Å². The number of piperidine rings is 1. The van der Waals surface area contributed by atoms with Crippen LogP contribution in [0.3, 0.4) is 0 Å². The van der Waals surface area contributed by atoms with Gasteiger partial charge in [0.1, 0.15) is 17.2 Å². The number of aliphatic hydroxyl groups is 2. The summed E-state index contributed by atoms with van der Waals surface area (Å²) in [5, 5.41) is 25.2. The molecule has 8 heteroatoms. The Morgan fingerprint density at radius 1 is 1.12 bits per heavy atom. The molecule has 2 heterocycles. The summed E-state index contributed by atoms with van der Waals surface area (Å²) in [6.07, 6.45) is 4.92. The van der Waals surface area contributed by atoms with Crippen molar-refractivity contribution in [3.05, 3.63) is 59.8 Å². The van der Waals surface area contributed by atoms with Gasteiger partial charge in [0.05, 0.1) is 25.4 Å². The molecule has 1 saturated heterocycles. The van der Waals surface area contributed by atoms with Crippen LogP contribution in [0, 0.1) is 5.92 Å². The molecule has 216 valence electrons. The van der Waals surface area contributed by atoms with Crippen molar-refractivity contribution in [3.63, 3.8) is 0 Å². The van der Waals surface area contributed by atoms with Crippen LogP contribution in [-0.4, -0.2) is 77.1 Å². The molecule has 1 aliphatic heterocycles. The van der Waals surface area contributed by atoms with E-state index in [4.69, 9.17) is 9.47 Å². The van der Waals surface area contributed by atoms with E-state index < -0.39 is 5.60 Å². The zero-order valence-electron chi connectivity index (χ0n) is 23.7. The second kappa shape index (κ2) is 12.6. The van der Waals surface area contributed by atoms with Crippen LogP contribution in [0.25, 0.3) is 10.9 Å². The minimum absolute atomic E-state index is 0.0425. The maximum atomic E-state index is 13.1. The Labute approximate surface area is 236 Å². The van der Waals surface area contributed by atoms with Gasteiger partial charge in [0.25, 0.3) is 5.91 Å². The van der Waals surface area contributed by atoms with Crippen molar-refractivity contribution in [2.45, 2.75) is 69.6 Å². The van der Waals surface area contributed by atoms with E-state index in [9.17, 15) is 15.0 Å². The smallest absolute Gasteiger partial charge is 0.267 e. The molecule has 1 saturated carbocycles. The third-order valence-electron chi connectivity index (χ3n) is 8.78. The second-order valence-electron chi connectivity index (χ2n) is 11.7. The quantitative estimate of drug-likeness (QED) is 0.301. The Balaban J connectivity index is 1.12. The number of nitrogens with one attached hydrogen (secondary N) is 2. The highest BCUT2D eigenvalue weighted by molar-refractivity contribution is 5.99. The molecule has 1 amide bonds. The highest BCUT2D eigenvalue weighted by Gasteiger charge is 2.35. The van der Waals surface area contributed by atoms with Crippen LogP contribution in [0.1, 0.15) is 61.5 Å². The van der Waals surface area contributed by atoms with Crippen molar-refractivity contribution in [2.75, 3.05) is 33.4 Å². The predicted octanol–water partition coefficient (Wildman–Crippen LogP) is 4.29. The molecule has 2 aliphatic rings. The van der Waals surface area contributed by atoms with Gasteiger partial charge in [0.2, 0.25) is 0 Å². The van der Waals surface area contributed by atoms with Crippen molar-refractivity contribution in [1.82, 2.24) is 15.2 Å². The van der Waals surface area contributed by atoms with Crippen LogP contribution in [0.5, 0.6) is 11.5 Å². The van der Waals surface area contributed by atoms with Crippen molar-refractivity contribution in [2.24, 2.45) is 5.92 Å². The lowest BCUT2D eigenvalue weighted by Gasteiger charge is -2.39. The number of H-pyrrole nitrogens is 1. The molecule has 0 bridgehead atoms. The first-order chi connectivity index (χ1) is 19.3. The zero-order valence-corrected chi connectivity index (χ0v) is 23.7. The average Bonchev–Trinajstić information content (AvgIpc) is 3.41. The van der Waals surface area contributed by atoms with Gasteiger partial charge in [-0.3, -0.25) is 4.79 Å². The number of para-hydroxylation sites is 1. The lowest BCUT2D eigenvalue weighted by molar-refractivity contribution is -0.0272. The van der Waals surface area contributed by atoms with Crippen LogP contribution >= 0.6 is 0 Å². The first kappa shape index (κ1) is 28.5.